The highest BCUT2D eigenvalue weighted by molar-refractivity contribution is 5.91. The lowest BCUT2D eigenvalue weighted by Gasteiger charge is -2.41. The number of rotatable bonds is 4. The van der Waals surface area contributed by atoms with Gasteiger partial charge in [-0.05, 0) is 18.1 Å². The van der Waals surface area contributed by atoms with Gasteiger partial charge in [-0.3, -0.25) is 0 Å². The third-order valence-corrected chi connectivity index (χ3v) is 6.79. The topological polar surface area (TPSA) is 96.6 Å². The summed E-state index contributed by atoms with van der Waals surface area (Å²) < 4.78 is 75.1. The molecule has 1 fully saturated rings. The van der Waals surface area contributed by atoms with E-state index < -0.39 is 40.8 Å². The number of carbonyl (C=O) groups is 1. The van der Waals surface area contributed by atoms with Crippen LogP contribution in [0.1, 0.15) is 11.1 Å². The molecule has 2 aromatic carbocycles. The van der Waals surface area contributed by atoms with Gasteiger partial charge in [0.1, 0.15) is 5.69 Å². The van der Waals surface area contributed by atoms with Gasteiger partial charge in [0.2, 0.25) is 5.95 Å². The van der Waals surface area contributed by atoms with E-state index >= 15 is 0 Å². The highest BCUT2D eigenvalue weighted by atomic mass is 19.4. The van der Waals surface area contributed by atoms with Crippen LogP contribution in [-0.2, 0) is 24.4 Å². The fraction of sp³-hybridized carbons (Fsp3) is 0.308. The first-order valence-electron chi connectivity index (χ1n) is 12.1. The summed E-state index contributed by atoms with van der Waals surface area (Å²) in [5.41, 5.74) is -1.68. The summed E-state index contributed by atoms with van der Waals surface area (Å²) in [5, 5.41) is 14.0. The number of aromatic hydroxyl groups is 1. The third kappa shape index (κ3) is 4.84. The van der Waals surface area contributed by atoms with Crippen molar-refractivity contribution in [3.8, 4) is 17.0 Å². The molecule has 1 N–H and O–H groups in total. The lowest BCUT2D eigenvalue weighted by Crippen LogP contribution is -2.56. The Hall–Kier alpha value is -4.49. The van der Waals surface area contributed by atoms with E-state index in [1.807, 2.05) is 35.2 Å². The number of methoxy groups -OCH3 is 1. The van der Waals surface area contributed by atoms with E-state index in [1.54, 1.807) is 4.90 Å². The van der Waals surface area contributed by atoms with E-state index in [4.69, 9.17) is 4.74 Å². The quantitative estimate of drug-likeness (QED) is 0.365. The highest BCUT2D eigenvalue weighted by Gasteiger charge is 2.38. The van der Waals surface area contributed by atoms with Gasteiger partial charge in [0.25, 0.3) is 0 Å². The number of piperazine rings is 1. The zero-order chi connectivity index (χ0) is 28.8. The molecule has 2 aromatic heterocycles. The predicted octanol–water partition coefficient (Wildman–Crippen LogP) is 4.53. The van der Waals surface area contributed by atoms with Gasteiger partial charge in [0.15, 0.2) is 23.0 Å². The lowest BCUT2D eigenvalue weighted by molar-refractivity contribution is -0.140. The lowest BCUT2D eigenvalue weighted by atomic mass is 10.0. The molecule has 1 aliphatic heterocycles. The number of ether oxygens (including phenoxy) is 1. The molecule has 1 aliphatic rings. The second-order valence-corrected chi connectivity index (χ2v) is 9.28. The van der Waals surface area contributed by atoms with Gasteiger partial charge in [-0.1, -0.05) is 30.3 Å². The smallest absolute Gasteiger partial charge is 0.419 e. The minimum absolute atomic E-state index is 0.0945. The van der Waals surface area contributed by atoms with Crippen LogP contribution in [0, 0.1) is 11.6 Å². The molecule has 0 bridgehead atoms. The number of aryl methyl sites for hydroxylation is 1. The number of phenolic OH excluding ortho intramolecular Hbond substituents is 1. The predicted molar refractivity (Wildman–Crippen MR) is 134 cm³/mol. The second kappa shape index (κ2) is 10.2. The number of anilines is 1. The van der Waals surface area contributed by atoms with Crippen molar-refractivity contribution in [3.05, 3.63) is 65.4 Å². The molecule has 3 heterocycles. The van der Waals surface area contributed by atoms with Crippen molar-refractivity contribution in [1.82, 2.24) is 24.6 Å². The Kier molecular flexibility index (Phi) is 6.94. The number of benzene rings is 2. The number of carbonyl (C=O) groups excluding carboxylic acids is 1. The van der Waals surface area contributed by atoms with E-state index in [0.717, 1.165) is 5.56 Å². The molecule has 0 saturated carbocycles. The molecular weight excluding hydrogens is 539 g/mol. The van der Waals surface area contributed by atoms with Crippen LogP contribution in [0.25, 0.3) is 22.3 Å². The Labute approximate surface area is 224 Å². The number of fused-ring (bicyclic) bond motifs is 1. The molecule has 5 rings (SSSR count). The van der Waals surface area contributed by atoms with Crippen LogP contribution in [0.3, 0.4) is 0 Å². The average Bonchev–Trinajstić information content (AvgIpc) is 3.26. The molecule has 4 aromatic rings. The van der Waals surface area contributed by atoms with Crippen LogP contribution in [-0.4, -0.2) is 68.6 Å². The van der Waals surface area contributed by atoms with E-state index in [9.17, 15) is 31.9 Å². The van der Waals surface area contributed by atoms with Gasteiger partial charge in [0.05, 0.1) is 24.1 Å². The van der Waals surface area contributed by atoms with Crippen molar-refractivity contribution in [2.24, 2.45) is 7.05 Å². The molecule has 1 saturated heterocycles. The van der Waals surface area contributed by atoms with Crippen molar-refractivity contribution in [3.63, 3.8) is 0 Å². The van der Waals surface area contributed by atoms with Crippen LogP contribution >= 0.6 is 0 Å². The van der Waals surface area contributed by atoms with Crippen molar-refractivity contribution in [2.45, 2.75) is 18.6 Å². The molecule has 1 atom stereocenters. The molecule has 0 radical (unpaired) electrons. The van der Waals surface area contributed by atoms with Gasteiger partial charge in [-0.15, -0.1) is 0 Å². The summed E-state index contributed by atoms with van der Waals surface area (Å²) in [6.07, 6.45) is -3.81. The van der Waals surface area contributed by atoms with Gasteiger partial charge < -0.3 is 19.6 Å². The minimum Gasteiger partial charge on any atom is -0.503 e. The van der Waals surface area contributed by atoms with Gasteiger partial charge >= 0.3 is 12.3 Å². The standard InChI is InChI=1S/C26H23F5N6O3/c1-35-23-17(21(34-35)16-11-18(26(29,30)31)20(28)22(38)19(16)27)12-32-24(33-23)37-9-8-36(25(39)40-2)13-15(37)10-14-6-4-3-5-7-14/h3-7,11-12,15,38H,8-10,13H2,1-2H3/t15-/m1/s1. The summed E-state index contributed by atoms with van der Waals surface area (Å²) in [6.45, 7) is 1.01. The van der Waals surface area contributed by atoms with Crippen molar-refractivity contribution in [1.29, 1.82) is 0 Å². The van der Waals surface area contributed by atoms with Gasteiger partial charge in [-0.2, -0.15) is 23.3 Å². The fourth-order valence-electron chi connectivity index (χ4n) is 4.84. The highest BCUT2D eigenvalue weighted by Crippen LogP contribution is 2.41. The van der Waals surface area contributed by atoms with Crippen LogP contribution in [0.4, 0.5) is 32.7 Å². The molecular formula is C26H23F5N6O3. The molecule has 1 amide bonds. The summed E-state index contributed by atoms with van der Waals surface area (Å²) >= 11 is 0. The Bertz CT molecular complexity index is 1580. The first-order chi connectivity index (χ1) is 19.0. The normalized spacial score (nSPS) is 16.0. The van der Waals surface area contributed by atoms with E-state index in [0.29, 0.717) is 26.1 Å². The molecule has 14 heteroatoms. The maximum Gasteiger partial charge on any atom is 0.419 e. The molecule has 9 nitrogen and oxygen atoms in total. The number of phenols is 1. The number of hydrogen-bond donors (Lipinski definition) is 1. The zero-order valence-electron chi connectivity index (χ0n) is 21.3. The largest absolute Gasteiger partial charge is 0.503 e. The molecule has 0 unspecified atom stereocenters. The maximum atomic E-state index is 14.8. The minimum atomic E-state index is -5.18. The molecule has 0 aliphatic carbocycles. The Balaban J connectivity index is 1.56. The average molecular weight is 562 g/mol. The van der Waals surface area contributed by atoms with Crippen molar-refractivity contribution < 1.29 is 36.6 Å². The van der Waals surface area contributed by atoms with Crippen LogP contribution < -0.4 is 4.90 Å². The maximum absolute atomic E-state index is 14.8. The fourth-order valence-corrected chi connectivity index (χ4v) is 4.84. The van der Waals surface area contributed by atoms with E-state index in [1.165, 1.54) is 25.0 Å². The van der Waals surface area contributed by atoms with E-state index in [2.05, 4.69) is 15.1 Å². The SMILES string of the molecule is COC(=O)N1CCN(c2ncc3c(-c4cc(C(F)(F)F)c(F)c(O)c4F)nn(C)c3n2)[C@H](Cc2ccccc2)C1. The Morgan fingerprint density at radius 1 is 1.15 bits per heavy atom. The number of hydrogen-bond acceptors (Lipinski definition) is 7. The number of aromatic nitrogens is 4. The number of amides is 1. The molecule has 210 valence electrons. The van der Waals surface area contributed by atoms with Crippen LogP contribution in [0.5, 0.6) is 5.75 Å². The van der Waals surface area contributed by atoms with E-state index in [-0.39, 0.29) is 34.8 Å². The first-order valence-corrected chi connectivity index (χ1v) is 12.1. The number of alkyl halides is 3. The van der Waals surface area contributed by atoms with Gasteiger partial charge in [-0.25, -0.2) is 23.2 Å². The number of halogens is 5. The van der Waals surface area contributed by atoms with Gasteiger partial charge in [0, 0.05) is 38.4 Å². The van der Waals surface area contributed by atoms with Crippen molar-refractivity contribution >= 4 is 23.1 Å². The monoisotopic (exact) mass is 562 g/mol. The Morgan fingerprint density at radius 3 is 2.55 bits per heavy atom. The third-order valence-electron chi connectivity index (χ3n) is 6.79. The Morgan fingerprint density at radius 2 is 1.88 bits per heavy atom. The van der Waals surface area contributed by atoms with Crippen LogP contribution in [0.15, 0.2) is 42.6 Å². The summed E-state index contributed by atoms with van der Waals surface area (Å²) in [6, 6.07) is 9.61. The number of nitrogens with zero attached hydrogens (tertiary/aromatic N) is 6. The zero-order valence-corrected chi connectivity index (χ0v) is 21.3. The summed E-state index contributed by atoms with van der Waals surface area (Å²) in [5.74, 6) is -5.18. The molecule has 40 heavy (non-hydrogen) atoms. The summed E-state index contributed by atoms with van der Waals surface area (Å²) in [4.78, 5) is 24.7. The summed E-state index contributed by atoms with van der Waals surface area (Å²) in [7, 11) is 2.77. The first kappa shape index (κ1) is 27.1. The second-order valence-electron chi connectivity index (χ2n) is 9.28. The van der Waals surface area contributed by atoms with Crippen molar-refractivity contribution in [2.75, 3.05) is 31.6 Å². The van der Waals surface area contributed by atoms with Crippen LogP contribution in [0.2, 0.25) is 0 Å². The molecule has 0 spiro atoms.